The number of hydrazine groups is 1. The van der Waals surface area contributed by atoms with Crippen molar-refractivity contribution < 1.29 is 0 Å². The van der Waals surface area contributed by atoms with Gasteiger partial charge in [-0.15, -0.1) is 11.3 Å². The fraction of sp³-hybridized carbons (Fsp3) is 0.0833. The van der Waals surface area contributed by atoms with Crippen LogP contribution in [-0.4, -0.2) is 15.0 Å². The van der Waals surface area contributed by atoms with Crippen molar-refractivity contribution in [1.29, 1.82) is 0 Å². The molecule has 3 aromatic heterocycles. The van der Waals surface area contributed by atoms with Gasteiger partial charge in [0.1, 0.15) is 11.2 Å². The Bertz CT molecular complexity index is 665. The van der Waals surface area contributed by atoms with Gasteiger partial charge in [0.2, 0.25) is 0 Å². The average molecular weight is 257 g/mol. The Morgan fingerprint density at radius 1 is 1.33 bits per heavy atom. The fourth-order valence-electron chi connectivity index (χ4n) is 1.81. The average Bonchev–Trinajstić information content (AvgIpc) is 2.82. The van der Waals surface area contributed by atoms with Crippen LogP contribution in [0.4, 0.5) is 5.82 Å². The Hall–Kier alpha value is -2.05. The lowest BCUT2D eigenvalue weighted by Gasteiger charge is -1.97. The highest BCUT2D eigenvalue weighted by Crippen LogP contribution is 2.28. The van der Waals surface area contributed by atoms with E-state index in [1.165, 1.54) is 16.8 Å². The van der Waals surface area contributed by atoms with Crippen LogP contribution in [0.1, 0.15) is 10.4 Å². The van der Waals surface area contributed by atoms with E-state index in [0.29, 0.717) is 5.82 Å². The summed E-state index contributed by atoms with van der Waals surface area (Å²) in [5, 5.41) is 0.962. The van der Waals surface area contributed by atoms with Gasteiger partial charge in [0.15, 0.2) is 5.82 Å². The number of rotatable bonds is 3. The molecule has 3 heterocycles. The summed E-state index contributed by atoms with van der Waals surface area (Å²) in [6.45, 7) is 0. The topological polar surface area (TPSA) is 76.7 Å². The number of nitrogens with zero attached hydrogens (tertiary/aromatic N) is 3. The summed E-state index contributed by atoms with van der Waals surface area (Å²) in [5.74, 6) is 6.09. The third-order valence-corrected chi connectivity index (χ3v) is 3.66. The van der Waals surface area contributed by atoms with E-state index in [9.17, 15) is 0 Å². The van der Waals surface area contributed by atoms with Gasteiger partial charge in [-0.1, -0.05) is 6.07 Å². The molecular formula is C12H11N5S. The van der Waals surface area contributed by atoms with Crippen molar-refractivity contribution in [2.75, 3.05) is 5.43 Å². The molecule has 0 aliphatic heterocycles. The fourth-order valence-corrected chi connectivity index (χ4v) is 2.84. The molecule has 0 unspecified atom stereocenters. The molecule has 3 aromatic rings. The van der Waals surface area contributed by atoms with Crippen molar-refractivity contribution in [3.8, 4) is 0 Å². The molecular weight excluding hydrogens is 246 g/mol. The molecule has 5 nitrogen and oxygen atoms in total. The normalized spacial score (nSPS) is 10.7. The Morgan fingerprint density at radius 2 is 2.28 bits per heavy atom. The maximum Gasteiger partial charge on any atom is 0.152 e. The van der Waals surface area contributed by atoms with Gasteiger partial charge in [-0.3, -0.25) is 4.98 Å². The van der Waals surface area contributed by atoms with E-state index in [-0.39, 0.29) is 0 Å². The number of nitrogen functional groups attached to an aromatic ring is 1. The SMILES string of the molecule is NNc1ncnc2sc(Cc3cccnc3)cc12. The van der Waals surface area contributed by atoms with E-state index in [1.807, 2.05) is 12.3 Å². The molecule has 3 N–H and O–H groups in total. The van der Waals surface area contributed by atoms with Gasteiger partial charge < -0.3 is 5.43 Å². The largest absolute Gasteiger partial charge is 0.308 e. The van der Waals surface area contributed by atoms with Crippen LogP contribution in [0.25, 0.3) is 10.2 Å². The number of anilines is 1. The van der Waals surface area contributed by atoms with Gasteiger partial charge in [-0.05, 0) is 17.7 Å². The molecule has 0 fully saturated rings. The van der Waals surface area contributed by atoms with Crippen molar-refractivity contribution >= 4 is 27.4 Å². The summed E-state index contributed by atoms with van der Waals surface area (Å²) in [5.41, 5.74) is 3.77. The molecule has 0 saturated carbocycles. The number of nitrogens with two attached hydrogens (primary N) is 1. The third kappa shape index (κ3) is 2.03. The van der Waals surface area contributed by atoms with Crippen LogP contribution < -0.4 is 11.3 Å². The molecule has 0 aliphatic carbocycles. The predicted molar refractivity (Wildman–Crippen MR) is 72.3 cm³/mol. The van der Waals surface area contributed by atoms with Crippen molar-refractivity contribution in [3.63, 3.8) is 0 Å². The lowest BCUT2D eigenvalue weighted by molar-refractivity contribution is 1.17. The second-order valence-electron chi connectivity index (χ2n) is 3.84. The molecule has 90 valence electrons. The number of pyridine rings is 1. The number of hydrogen-bond acceptors (Lipinski definition) is 6. The number of thiophene rings is 1. The smallest absolute Gasteiger partial charge is 0.152 e. The van der Waals surface area contributed by atoms with Crippen molar-refractivity contribution in [2.45, 2.75) is 6.42 Å². The molecule has 6 heteroatoms. The zero-order valence-electron chi connectivity index (χ0n) is 9.50. The zero-order chi connectivity index (χ0) is 12.4. The first-order chi connectivity index (χ1) is 8.86. The molecule has 0 aliphatic rings. The summed E-state index contributed by atoms with van der Waals surface area (Å²) in [6.07, 6.45) is 6.01. The van der Waals surface area contributed by atoms with Crippen LogP contribution in [0.15, 0.2) is 36.9 Å². The number of hydrogen-bond donors (Lipinski definition) is 2. The lowest BCUT2D eigenvalue weighted by Crippen LogP contribution is -2.08. The van der Waals surface area contributed by atoms with Gasteiger partial charge in [-0.2, -0.15) is 0 Å². The van der Waals surface area contributed by atoms with Crippen LogP contribution in [0.2, 0.25) is 0 Å². The van der Waals surface area contributed by atoms with E-state index < -0.39 is 0 Å². The predicted octanol–water partition coefficient (Wildman–Crippen LogP) is 1.96. The number of fused-ring (bicyclic) bond motifs is 1. The molecule has 18 heavy (non-hydrogen) atoms. The summed E-state index contributed by atoms with van der Waals surface area (Å²) in [7, 11) is 0. The molecule has 0 atom stereocenters. The maximum atomic E-state index is 5.43. The van der Waals surface area contributed by atoms with Crippen LogP contribution in [-0.2, 0) is 6.42 Å². The van der Waals surface area contributed by atoms with Gasteiger partial charge >= 0.3 is 0 Å². The van der Waals surface area contributed by atoms with Crippen LogP contribution >= 0.6 is 11.3 Å². The maximum absolute atomic E-state index is 5.43. The Labute approximate surface area is 108 Å². The minimum absolute atomic E-state index is 0.661. The molecule has 0 spiro atoms. The monoisotopic (exact) mass is 257 g/mol. The second kappa shape index (κ2) is 4.67. The highest BCUT2D eigenvalue weighted by molar-refractivity contribution is 7.18. The van der Waals surface area contributed by atoms with E-state index in [4.69, 9.17) is 5.84 Å². The van der Waals surface area contributed by atoms with Crippen LogP contribution in [0, 0.1) is 0 Å². The van der Waals surface area contributed by atoms with Gasteiger partial charge in [0.05, 0.1) is 5.39 Å². The van der Waals surface area contributed by atoms with Crippen molar-refractivity contribution in [2.24, 2.45) is 5.84 Å². The summed E-state index contributed by atoms with van der Waals surface area (Å²) >= 11 is 1.65. The van der Waals surface area contributed by atoms with E-state index in [0.717, 1.165) is 16.6 Å². The highest BCUT2D eigenvalue weighted by Gasteiger charge is 2.08. The summed E-state index contributed by atoms with van der Waals surface area (Å²) < 4.78 is 0. The molecule has 0 aromatic carbocycles. The molecule has 0 saturated heterocycles. The zero-order valence-corrected chi connectivity index (χ0v) is 10.3. The minimum atomic E-state index is 0.661. The Balaban J connectivity index is 1.99. The van der Waals surface area contributed by atoms with Gasteiger partial charge in [-0.25, -0.2) is 15.8 Å². The van der Waals surface area contributed by atoms with E-state index in [1.54, 1.807) is 17.5 Å². The molecule has 0 radical (unpaired) electrons. The van der Waals surface area contributed by atoms with Crippen molar-refractivity contribution in [3.05, 3.63) is 47.4 Å². The van der Waals surface area contributed by atoms with E-state index >= 15 is 0 Å². The minimum Gasteiger partial charge on any atom is -0.308 e. The number of nitrogens with one attached hydrogen (secondary N) is 1. The van der Waals surface area contributed by atoms with Crippen molar-refractivity contribution in [1.82, 2.24) is 15.0 Å². The number of aromatic nitrogens is 3. The molecule has 3 rings (SSSR count). The first-order valence-electron chi connectivity index (χ1n) is 5.46. The van der Waals surface area contributed by atoms with E-state index in [2.05, 4.69) is 32.5 Å². The van der Waals surface area contributed by atoms with Crippen LogP contribution in [0.5, 0.6) is 0 Å². The first kappa shape index (κ1) is 11.1. The van der Waals surface area contributed by atoms with Gasteiger partial charge in [0.25, 0.3) is 0 Å². The van der Waals surface area contributed by atoms with Gasteiger partial charge in [0, 0.05) is 23.7 Å². The van der Waals surface area contributed by atoms with Crippen LogP contribution in [0.3, 0.4) is 0 Å². The molecule has 0 bridgehead atoms. The molecule has 0 amide bonds. The lowest BCUT2D eigenvalue weighted by atomic mass is 10.2. The Kier molecular flexibility index (Phi) is 2.87. The quantitative estimate of drug-likeness (QED) is 0.554. The summed E-state index contributed by atoms with van der Waals surface area (Å²) in [6, 6.07) is 6.07. The Morgan fingerprint density at radius 3 is 3.06 bits per heavy atom. The summed E-state index contributed by atoms with van der Waals surface area (Å²) in [4.78, 5) is 14.6. The standard InChI is InChI=1S/C12H11N5S/c13-17-11-10-5-9(18-12(10)16-7-15-11)4-8-2-1-3-14-6-8/h1-3,5-7H,4,13H2,(H,15,16,17). The first-order valence-corrected chi connectivity index (χ1v) is 6.27. The third-order valence-electron chi connectivity index (χ3n) is 2.62. The highest BCUT2D eigenvalue weighted by atomic mass is 32.1. The second-order valence-corrected chi connectivity index (χ2v) is 4.95.